The Morgan fingerprint density at radius 3 is 2.44 bits per heavy atom. The van der Waals surface area contributed by atoms with Crippen LogP contribution in [0.25, 0.3) is 0 Å². The topological polar surface area (TPSA) is 90.4 Å². The molecule has 3 aliphatic heterocycles. The van der Waals surface area contributed by atoms with Crippen molar-refractivity contribution in [2.75, 3.05) is 38.3 Å². The van der Waals surface area contributed by atoms with Crippen LogP contribution in [0.3, 0.4) is 0 Å². The number of carbonyl (C=O) groups excluding carboxylic acids is 3. The Labute approximate surface area is 265 Å². The zero-order valence-corrected chi connectivity index (χ0v) is 26.7. The summed E-state index contributed by atoms with van der Waals surface area (Å²) < 4.78 is 4.52. The predicted molar refractivity (Wildman–Crippen MR) is 173 cm³/mol. The van der Waals surface area contributed by atoms with Crippen molar-refractivity contribution in [1.29, 1.82) is 0 Å². The molecular formula is C33H38BrN3O5S. The van der Waals surface area contributed by atoms with Gasteiger partial charge in [0.2, 0.25) is 11.8 Å². The lowest BCUT2D eigenvalue weighted by atomic mass is 9.70. The van der Waals surface area contributed by atoms with E-state index in [4.69, 9.17) is 4.74 Å². The lowest BCUT2D eigenvalue weighted by Gasteiger charge is -2.38. The molecule has 5 rings (SSSR count). The summed E-state index contributed by atoms with van der Waals surface area (Å²) >= 11 is 5.46. The van der Waals surface area contributed by atoms with E-state index in [-0.39, 0.29) is 47.5 Å². The van der Waals surface area contributed by atoms with Gasteiger partial charge in [-0.1, -0.05) is 58.4 Å². The van der Waals surface area contributed by atoms with Crippen LogP contribution in [0.1, 0.15) is 18.4 Å². The molecule has 8 nitrogen and oxygen atoms in total. The van der Waals surface area contributed by atoms with Gasteiger partial charge >= 0.3 is 0 Å². The number of benzene rings is 2. The highest BCUT2D eigenvalue weighted by Crippen LogP contribution is 2.68. The molecule has 1 N–H and O–H groups in total. The molecule has 3 aliphatic rings. The first-order valence-electron chi connectivity index (χ1n) is 14.5. The molecule has 6 atom stereocenters. The second kappa shape index (κ2) is 13.3. The summed E-state index contributed by atoms with van der Waals surface area (Å²) in [5.74, 6) is -1.08. The van der Waals surface area contributed by atoms with Gasteiger partial charge in [0.1, 0.15) is 11.8 Å². The fourth-order valence-electron chi connectivity index (χ4n) is 6.94. The number of rotatable bonds is 13. The van der Waals surface area contributed by atoms with E-state index < -0.39 is 22.6 Å². The Balaban J connectivity index is 1.53. The maximum absolute atomic E-state index is 14.6. The van der Waals surface area contributed by atoms with E-state index in [1.54, 1.807) is 57.9 Å². The molecule has 2 bridgehead atoms. The number of aliphatic hydroxyl groups excluding tert-OH is 1. The molecule has 10 heteroatoms. The Morgan fingerprint density at radius 2 is 1.81 bits per heavy atom. The van der Waals surface area contributed by atoms with Crippen molar-refractivity contribution in [3.05, 3.63) is 85.5 Å². The first-order chi connectivity index (χ1) is 20.8. The highest BCUT2D eigenvalue weighted by molar-refractivity contribution is 9.09. The zero-order chi connectivity index (χ0) is 30.7. The van der Waals surface area contributed by atoms with Crippen LogP contribution in [0, 0.1) is 11.8 Å². The molecule has 3 unspecified atom stereocenters. The third-order valence-corrected chi connectivity index (χ3v) is 11.9. The van der Waals surface area contributed by atoms with E-state index in [2.05, 4.69) is 29.1 Å². The normalized spacial score (nSPS) is 27.1. The number of hydrogen-bond acceptors (Lipinski definition) is 6. The van der Waals surface area contributed by atoms with Gasteiger partial charge in [0.15, 0.2) is 0 Å². The fraction of sp³-hybridized carbons (Fsp3) is 0.424. The minimum absolute atomic E-state index is 0.0419. The largest absolute Gasteiger partial charge is 0.497 e. The first-order valence-corrected chi connectivity index (χ1v) is 16.3. The third-order valence-electron chi connectivity index (χ3n) is 8.70. The van der Waals surface area contributed by atoms with Crippen LogP contribution >= 0.6 is 27.7 Å². The number of anilines is 1. The molecule has 0 aromatic heterocycles. The van der Waals surface area contributed by atoms with Crippen LogP contribution in [0.4, 0.5) is 5.69 Å². The van der Waals surface area contributed by atoms with E-state index in [9.17, 15) is 19.5 Å². The molecule has 3 amide bonds. The third kappa shape index (κ3) is 5.65. The number of alkyl halides is 1. The molecule has 228 valence electrons. The standard InChI is InChI=1S/C33H38BrN3O5S/c1-4-16-35(21-22-10-7-6-8-11-22)30(39)26-27-31(40)37(18-9-19-38)29(33(27)20-25(34)28(26)43-33)32(41)36(17-5-2)23-12-14-24(42-3)15-13-23/h4-8,10-15,25-29,38H,1-2,9,16-21H2,3H3/t25?,26-,27-,28-,29?,33?/m0/s1. The number of carbonyl (C=O) groups is 3. The van der Waals surface area contributed by atoms with Crippen molar-refractivity contribution in [2.45, 2.75) is 40.3 Å². The van der Waals surface area contributed by atoms with Crippen molar-refractivity contribution < 1.29 is 24.2 Å². The molecule has 43 heavy (non-hydrogen) atoms. The van der Waals surface area contributed by atoms with Gasteiger partial charge in [-0.15, -0.1) is 24.9 Å². The van der Waals surface area contributed by atoms with Crippen LogP contribution < -0.4 is 9.64 Å². The number of methoxy groups -OCH3 is 1. The van der Waals surface area contributed by atoms with Gasteiger partial charge in [-0.25, -0.2) is 0 Å². The highest BCUT2D eigenvalue weighted by Gasteiger charge is 2.76. The van der Waals surface area contributed by atoms with E-state index in [1.807, 2.05) is 42.5 Å². The van der Waals surface area contributed by atoms with Crippen LogP contribution in [0.2, 0.25) is 0 Å². The molecule has 2 aromatic carbocycles. The summed E-state index contributed by atoms with van der Waals surface area (Å²) in [6.45, 7) is 8.89. The van der Waals surface area contributed by atoms with Crippen molar-refractivity contribution in [3.8, 4) is 5.75 Å². The predicted octanol–water partition coefficient (Wildman–Crippen LogP) is 4.28. The number of likely N-dealkylation sites (tertiary alicyclic amines) is 1. The highest BCUT2D eigenvalue weighted by atomic mass is 79.9. The van der Waals surface area contributed by atoms with E-state index in [1.165, 1.54) is 0 Å². The second-order valence-corrected chi connectivity index (χ2v) is 13.9. The molecule has 3 heterocycles. The minimum Gasteiger partial charge on any atom is -0.497 e. The summed E-state index contributed by atoms with van der Waals surface area (Å²) in [6, 6.07) is 16.2. The zero-order valence-electron chi connectivity index (χ0n) is 24.3. The van der Waals surface area contributed by atoms with Gasteiger partial charge in [0.25, 0.3) is 5.91 Å². The molecule has 3 fully saturated rings. The maximum Gasteiger partial charge on any atom is 0.251 e. The number of halogens is 1. The number of fused-ring (bicyclic) bond motifs is 1. The number of amides is 3. The Bertz CT molecular complexity index is 1360. The average Bonchev–Trinajstić information content (AvgIpc) is 3.61. The molecule has 1 spiro atoms. The number of hydrogen-bond donors (Lipinski definition) is 1. The van der Waals surface area contributed by atoms with Crippen molar-refractivity contribution in [2.24, 2.45) is 11.8 Å². The van der Waals surface area contributed by atoms with E-state index in [0.29, 0.717) is 37.4 Å². The van der Waals surface area contributed by atoms with Gasteiger partial charge < -0.3 is 24.5 Å². The van der Waals surface area contributed by atoms with Gasteiger partial charge in [-0.05, 0) is 42.7 Å². The summed E-state index contributed by atoms with van der Waals surface area (Å²) in [4.78, 5) is 48.4. The van der Waals surface area contributed by atoms with Crippen molar-refractivity contribution >= 4 is 51.1 Å². The maximum atomic E-state index is 14.6. The molecule has 3 saturated heterocycles. The van der Waals surface area contributed by atoms with E-state index >= 15 is 0 Å². The molecular weight excluding hydrogens is 630 g/mol. The number of thioether (sulfide) groups is 1. The number of ether oxygens (including phenoxy) is 1. The summed E-state index contributed by atoms with van der Waals surface area (Å²) in [5, 5.41) is 9.55. The molecule has 2 aromatic rings. The first kappa shape index (κ1) is 31.3. The quantitative estimate of drug-likeness (QED) is 0.254. The number of aliphatic hydroxyl groups is 1. The van der Waals surface area contributed by atoms with Crippen LogP contribution in [0.5, 0.6) is 5.75 Å². The Hall–Kier alpha value is -3.08. The summed E-state index contributed by atoms with van der Waals surface area (Å²) in [5.41, 5.74) is 1.66. The van der Waals surface area contributed by atoms with E-state index in [0.717, 1.165) is 5.56 Å². The smallest absolute Gasteiger partial charge is 0.251 e. The van der Waals surface area contributed by atoms with Gasteiger partial charge in [0, 0.05) is 48.6 Å². The van der Waals surface area contributed by atoms with Crippen LogP contribution in [-0.4, -0.2) is 86.8 Å². The minimum atomic E-state index is -0.798. The van der Waals surface area contributed by atoms with Crippen molar-refractivity contribution in [3.63, 3.8) is 0 Å². The average molecular weight is 669 g/mol. The lowest BCUT2D eigenvalue weighted by Crippen LogP contribution is -2.56. The van der Waals surface area contributed by atoms with Gasteiger partial charge in [-0.2, -0.15) is 0 Å². The summed E-state index contributed by atoms with van der Waals surface area (Å²) in [6.07, 6.45) is 4.30. The molecule has 0 saturated carbocycles. The Morgan fingerprint density at radius 1 is 1.12 bits per heavy atom. The second-order valence-electron chi connectivity index (χ2n) is 11.2. The fourth-order valence-corrected chi connectivity index (χ4v) is 10.5. The van der Waals surface area contributed by atoms with Gasteiger partial charge in [-0.3, -0.25) is 14.4 Å². The van der Waals surface area contributed by atoms with Crippen molar-refractivity contribution in [1.82, 2.24) is 9.80 Å². The SMILES string of the molecule is C=CCN(Cc1ccccc1)C(=O)[C@H]1[C@H]2C(=O)N(CCCO)C(C(=O)N(CC=C)c3ccc(OC)cc3)C23CC(Br)[C@@H]1S3. The molecule has 0 radical (unpaired) electrons. The van der Waals surface area contributed by atoms with Gasteiger partial charge in [0.05, 0.1) is 23.7 Å². The monoisotopic (exact) mass is 667 g/mol. The summed E-state index contributed by atoms with van der Waals surface area (Å²) in [7, 11) is 1.59. The van der Waals surface area contributed by atoms with Crippen LogP contribution in [0.15, 0.2) is 79.9 Å². The Kier molecular flexibility index (Phi) is 9.68. The molecule has 0 aliphatic carbocycles. The lowest BCUT2D eigenvalue weighted by molar-refractivity contribution is -0.144. The van der Waals surface area contributed by atoms with Crippen LogP contribution in [-0.2, 0) is 20.9 Å². The number of nitrogens with zero attached hydrogens (tertiary/aromatic N) is 3.